The molecular weight excluding hydrogens is 363 g/mol. The summed E-state index contributed by atoms with van der Waals surface area (Å²) in [4.78, 5) is 15.6. The van der Waals surface area contributed by atoms with Crippen molar-refractivity contribution in [2.75, 3.05) is 11.9 Å². The Labute approximate surface area is 145 Å². The molecule has 0 aliphatic carbocycles. The van der Waals surface area contributed by atoms with Crippen molar-refractivity contribution in [1.29, 1.82) is 0 Å². The van der Waals surface area contributed by atoms with Crippen LogP contribution in [-0.4, -0.2) is 29.3 Å². The van der Waals surface area contributed by atoms with Crippen molar-refractivity contribution in [2.45, 2.75) is 12.7 Å². The molecule has 6 nitrogen and oxygen atoms in total. The zero-order chi connectivity index (χ0) is 18.4. The Kier molecular flexibility index (Phi) is 6.43. The third-order valence-corrected chi connectivity index (χ3v) is 3.35. The second kappa shape index (κ2) is 8.54. The molecule has 1 unspecified atom stereocenters. The molecule has 0 spiro atoms. The maximum absolute atomic E-state index is 13.8. The normalized spacial score (nSPS) is 11.9. The van der Waals surface area contributed by atoms with Crippen molar-refractivity contribution < 1.29 is 27.8 Å². The Morgan fingerprint density at radius 1 is 1.36 bits per heavy atom. The molecule has 0 aliphatic heterocycles. The van der Waals surface area contributed by atoms with Gasteiger partial charge in [0.2, 0.25) is 5.88 Å². The highest BCUT2D eigenvalue weighted by atomic mass is 35.5. The predicted molar refractivity (Wildman–Crippen MR) is 84.3 cm³/mol. The molecule has 10 heteroatoms. The van der Waals surface area contributed by atoms with Crippen LogP contribution in [0.3, 0.4) is 0 Å². The van der Waals surface area contributed by atoms with Gasteiger partial charge >= 0.3 is 12.6 Å². The summed E-state index contributed by atoms with van der Waals surface area (Å²) in [7, 11) is 0. The minimum Gasteiger partial charge on any atom is -0.417 e. The number of carbonyl (C=O) groups is 1. The first-order valence-electron chi connectivity index (χ1n) is 6.94. The molecule has 1 aromatic carbocycles. The van der Waals surface area contributed by atoms with Crippen molar-refractivity contribution in [1.82, 2.24) is 10.3 Å². The average Bonchev–Trinajstić information content (AvgIpc) is 2.56. The number of ether oxygens (including phenoxy) is 1. The molecule has 1 atom stereocenters. The quantitative estimate of drug-likeness (QED) is 0.723. The van der Waals surface area contributed by atoms with E-state index in [0.717, 1.165) is 6.07 Å². The van der Waals surface area contributed by atoms with E-state index in [-0.39, 0.29) is 22.2 Å². The number of aliphatic hydroxyl groups is 1. The van der Waals surface area contributed by atoms with Crippen LogP contribution < -0.4 is 15.4 Å². The standard InChI is InChI=1S/C15H13ClF3N3O3/c16-9-2-1-3-10(13(9)17)21-15(24)22-11(7-23)8-4-5-20-12(6-8)25-14(18)19/h1-6,11,14,23H,7H2,(H2,21,22,24). The van der Waals surface area contributed by atoms with Gasteiger partial charge in [-0.2, -0.15) is 8.78 Å². The number of rotatable bonds is 6. The molecule has 0 fully saturated rings. The lowest BCUT2D eigenvalue weighted by molar-refractivity contribution is -0.0529. The van der Waals surface area contributed by atoms with Crippen molar-refractivity contribution in [3.63, 3.8) is 0 Å². The van der Waals surface area contributed by atoms with Gasteiger partial charge in [0.05, 0.1) is 23.4 Å². The molecule has 0 saturated carbocycles. The van der Waals surface area contributed by atoms with Crippen molar-refractivity contribution in [3.8, 4) is 5.88 Å². The van der Waals surface area contributed by atoms with Gasteiger partial charge in [-0.3, -0.25) is 0 Å². The summed E-state index contributed by atoms with van der Waals surface area (Å²) in [6.07, 6.45) is 1.19. The fourth-order valence-electron chi connectivity index (χ4n) is 1.95. The van der Waals surface area contributed by atoms with Gasteiger partial charge in [-0.05, 0) is 23.8 Å². The summed E-state index contributed by atoms with van der Waals surface area (Å²) in [5.74, 6) is -1.18. The number of aliphatic hydroxyl groups excluding tert-OH is 1. The summed E-state index contributed by atoms with van der Waals surface area (Å²) < 4.78 is 42.4. The van der Waals surface area contributed by atoms with E-state index in [1.807, 2.05) is 0 Å². The van der Waals surface area contributed by atoms with Crippen LogP contribution in [0.15, 0.2) is 36.5 Å². The largest absolute Gasteiger partial charge is 0.417 e. The molecule has 0 radical (unpaired) electrons. The lowest BCUT2D eigenvalue weighted by Crippen LogP contribution is -2.34. The van der Waals surface area contributed by atoms with Gasteiger partial charge in [0, 0.05) is 12.3 Å². The Morgan fingerprint density at radius 2 is 2.12 bits per heavy atom. The molecule has 134 valence electrons. The molecule has 25 heavy (non-hydrogen) atoms. The van der Waals surface area contributed by atoms with E-state index in [2.05, 4.69) is 20.4 Å². The Balaban J connectivity index is 2.08. The summed E-state index contributed by atoms with van der Waals surface area (Å²) in [5.41, 5.74) is 0.119. The predicted octanol–water partition coefficient (Wildman–Crippen LogP) is 3.33. The van der Waals surface area contributed by atoms with Crippen molar-refractivity contribution in [3.05, 3.63) is 52.9 Å². The van der Waals surface area contributed by atoms with Crippen LogP contribution in [0.4, 0.5) is 23.7 Å². The molecular formula is C15H13ClF3N3O3. The van der Waals surface area contributed by atoms with E-state index >= 15 is 0 Å². The number of urea groups is 1. The minimum atomic E-state index is -3.06. The monoisotopic (exact) mass is 375 g/mol. The number of benzene rings is 1. The van der Waals surface area contributed by atoms with Gasteiger partial charge in [-0.25, -0.2) is 14.2 Å². The first kappa shape index (κ1) is 18.8. The maximum atomic E-state index is 13.8. The number of carbonyl (C=O) groups excluding carboxylic acids is 1. The van der Waals surface area contributed by atoms with Crippen LogP contribution in [-0.2, 0) is 0 Å². The molecule has 0 saturated heterocycles. The zero-order valence-corrected chi connectivity index (χ0v) is 13.3. The zero-order valence-electron chi connectivity index (χ0n) is 12.5. The van der Waals surface area contributed by atoms with E-state index in [9.17, 15) is 23.1 Å². The van der Waals surface area contributed by atoms with E-state index in [1.165, 1.54) is 30.5 Å². The van der Waals surface area contributed by atoms with Crippen LogP contribution >= 0.6 is 11.6 Å². The smallest absolute Gasteiger partial charge is 0.388 e. The number of anilines is 1. The van der Waals surface area contributed by atoms with Crippen molar-refractivity contribution in [2.24, 2.45) is 0 Å². The molecule has 2 rings (SSSR count). The number of alkyl halides is 2. The van der Waals surface area contributed by atoms with Gasteiger partial charge < -0.3 is 20.5 Å². The number of pyridine rings is 1. The topological polar surface area (TPSA) is 83.5 Å². The van der Waals surface area contributed by atoms with Crippen LogP contribution in [0.5, 0.6) is 5.88 Å². The number of amides is 2. The van der Waals surface area contributed by atoms with Gasteiger partial charge in [-0.1, -0.05) is 17.7 Å². The average molecular weight is 376 g/mol. The highest BCUT2D eigenvalue weighted by Crippen LogP contribution is 2.22. The first-order valence-corrected chi connectivity index (χ1v) is 7.31. The van der Waals surface area contributed by atoms with Gasteiger partial charge in [0.1, 0.15) is 0 Å². The Hall–Kier alpha value is -2.52. The number of hydrogen-bond acceptors (Lipinski definition) is 4. The Bertz CT molecular complexity index is 749. The number of hydrogen-bond donors (Lipinski definition) is 3. The fourth-order valence-corrected chi connectivity index (χ4v) is 2.12. The number of nitrogens with one attached hydrogen (secondary N) is 2. The molecule has 2 amide bonds. The first-order chi connectivity index (χ1) is 11.9. The molecule has 0 bridgehead atoms. The van der Waals surface area contributed by atoms with E-state index in [1.54, 1.807) is 0 Å². The number of halogens is 4. The van der Waals surface area contributed by atoms with Crippen molar-refractivity contribution >= 4 is 23.3 Å². The molecule has 0 aliphatic rings. The van der Waals surface area contributed by atoms with Gasteiger partial charge in [0.25, 0.3) is 0 Å². The number of nitrogens with zero attached hydrogens (tertiary/aromatic N) is 1. The lowest BCUT2D eigenvalue weighted by Gasteiger charge is -2.18. The van der Waals surface area contributed by atoms with Gasteiger partial charge in [0.15, 0.2) is 5.82 Å². The molecule has 2 aromatic rings. The van der Waals surface area contributed by atoms with Crippen LogP contribution in [0.25, 0.3) is 0 Å². The summed E-state index contributed by atoms with van der Waals surface area (Å²) in [6, 6.07) is 4.83. The lowest BCUT2D eigenvalue weighted by atomic mass is 10.1. The van der Waals surface area contributed by atoms with Crippen LogP contribution in [0.1, 0.15) is 11.6 Å². The second-order valence-corrected chi connectivity index (χ2v) is 5.15. The van der Waals surface area contributed by atoms with E-state index < -0.39 is 31.1 Å². The highest BCUT2D eigenvalue weighted by molar-refractivity contribution is 6.31. The fraction of sp³-hybridized carbons (Fsp3) is 0.200. The molecule has 1 heterocycles. The SMILES string of the molecule is O=C(Nc1cccc(Cl)c1F)NC(CO)c1ccnc(OC(F)F)c1. The van der Waals surface area contributed by atoms with Gasteiger partial charge in [-0.15, -0.1) is 0 Å². The molecule has 3 N–H and O–H groups in total. The van der Waals surface area contributed by atoms with E-state index in [4.69, 9.17) is 11.6 Å². The second-order valence-electron chi connectivity index (χ2n) is 4.74. The summed E-state index contributed by atoms with van der Waals surface area (Å²) in [6.45, 7) is -3.60. The number of aromatic nitrogens is 1. The minimum absolute atomic E-state index is 0.154. The highest BCUT2D eigenvalue weighted by Gasteiger charge is 2.17. The van der Waals surface area contributed by atoms with Crippen LogP contribution in [0, 0.1) is 5.82 Å². The maximum Gasteiger partial charge on any atom is 0.388 e. The molecule has 1 aromatic heterocycles. The third kappa shape index (κ3) is 5.23. The summed E-state index contributed by atoms with van der Waals surface area (Å²) >= 11 is 5.62. The van der Waals surface area contributed by atoms with E-state index in [0.29, 0.717) is 0 Å². The summed E-state index contributed by atoms with van der Waals surface area (Å²) in [5, 5.41) is 13.9. The Morgan fingerprint density at radius 3 is 2.80 bits per heavy atom. The third-order valence-electron chi connectivity index (χ3n) is 3.06. The van der Waals surface area contributed by atoms with Crippen LogP contribution in [0.2, 0.25) is 5.02 Å².